The number of aliphatic imine (C=N–C) groups is 1. The van der Waals surface area contributed by atoms with Gasteiger partial charge in [0.2, 0.25) is 0 Å². The molecule has 1 aliphatic rings. The lowest BCUT2D eigenvalue weighted by atomic mass is 9.93. The van der Waals surface area contributed by atoms with Crippen LogP contribution < -0.4 is 14.8 Å². The maximum absolute atomic E-state index is 10.9. The molecule has 0 saturated heterocycles. The number of nitrogens with zero attached hydrogens (tertiary/aromatic N) is 1. The number of rotatable bonds is 6. The molecule has 0 fully saturated rings. The number of phenolic OH excluding ortho intramolecular Hbond substituents is 1. The summed E-state index contributed by atoms with van der Waals surface area (Å²) in [6.45, 7) is 2.38. The summed E-state index contributed by atoms with van der Waals surface area (Å²) in [6, 6.07) is 21.0. The first kappa shape index (κ1) is 21.2. The normalized spacial score (nSPS) is 18.4. The van der Waals surface area contributed by atoms with Crippen LogP contribution in [0.15, 0.2) is 71.7 Å². The van der Waals surface area contributed by atoms with Gasteiger partial charge in [-0.05, 0) is 48.4 Å². The molecule has 0 radical (unpaired) electrons. The predicted octanol–water partition coefficient (Wildman–Crippen LogP) is 5.68. The molecule has 0 spiro atoms. The van der Waals surface area contributed by atoms with Gasteiger partial charge in [0.25, 0.3) is 0 Å². The monoisotopic (exact) mass is 436 g/mol. The highest BCUT2D eigenvalue weighted by Crippen LogP contribution is 2.39. The Bertz CT molecular complexity index is 1080. The van der Waals surface area contributed by atoms with Gasteiger partial charge in [0.15, 0.2) is 11.5 Å². The lowest BCUT2D eigenvalue weighted by Crippen LogP contribution is -2.33. The Balaban J connectivity index is 1.75. The van der Waals surface area contributed by atoms with Crippen molar-refractivity contribution in [3.8, 4) is 17.2 Å². The van der Waals surface area contributed by atoms with Gasteiger partial charge in [-0.2, -0.15) is 0 Å². The van der Waals surface area contributed by atoms with Gasteiger partial charge in [-0.1, -0.05) is 48.0 Å². The van der Waals surface area contributed by atoms with E-state index >= 15 is 0 Å². The SMILES string of the molecule is CCOc1cccc(C2CC(c3ccc(Cl)cc3)=NC(c3cccc(OC)c3)N2)c1O. The third-order valence-corrected chi connectivity index (χ3v) is 5.59. The van der Waals surface area contributed by atoms with E-state index in [9.17, 15) is 5.11 Å². The summed E-state index contributed by atoms with van der Waals surface area (Å²) in [5, 5.41) is 15.1. The molecule has 31 heavy (non-hydrogen) atoms. The molecular formula is C25H25ClN2O3. The average Bonchev–Trinajstić information content (AvgIpc) is 2.81. The van der Waals surface area contributed by atoms with E-state index in [2.05, 4.69) is 5.32 Å². The number of benzene rings is 3. The van der Waals surface area contributed by atoms with Crippen molar-refractivity contribution in [3.05, 3.63) is 88.4 Å². The Morgan fingerprint density at radius 1 is 1.10 bits per heavy atom. The van der Waals surface area contributed by atoms with E-state index in [1.54, 1.807) is 13.2 Å². The van der Waals surface area contributed by atoms with Gasteiger partial charge < -0.3 is 14.6 Å². The van der Waals surface area contributed by atoms with E-state index in [1.165, 1.54) is 0 Å². The van der Waals surface area contributed by atoms with Crippen molar-refractivity contribution in [2.75, 3.05) is 13.7 Å². The van der Waals surface area contributed by atoms with Crippen molar-refractivity contribution >= 4 is 17.3 Å². The number of hydrogen-bond donors (Lipinski definition) is 2. The van der Waals surface area contributed by atoms with Gasteiger partial charge in [0.05, 0.1) is 13.7 Å². The molecule has 3 aromatic carbocycles. The van der Waals surface area contributed by atoms with Gasteiger partial charge in [0.1, 0.15) is 11.9 Å². The van der Waals surface area contributed by atoms with Crippen LogP contribution >= 0.6 is 11.6 Å². The minimum absolute atomic E-state index is 0.153. The van der Waals surface area contributed by atoms with Crippen LogP contribution in [-0.4, -0.2) is 24.5 Å². The number of methoxy groups -OCH3 is 1. The lowest BCUT2D eigenvalue weighted by molar-refractivity contribution is 0.313. The smallest absolute Gasteiger partial charge is 0.162 e. The van der Waals surface area contributed by atoms with Crippen LogP contribution in [0, 0.1) is 0 Å². The highest BCUT2D eigenvalue weighted by Gasteiger charge is 2.28. The van der Waals surface area contributed by atoms with Crippen molar-refractivity contribution in [1.29, 1.82) is 0 Å². The first-order chi connectivity index (χ1) is 15.1. The van der Waals surface area contributed by atoms with Crippen LogP contribution in [0.25, 0.3) is 0 Å². The molecule has 0 saturated carbocycles. The van der Waals surface area contributed by atoms with Gasteiger partial charge in [-0.25, -0.2) is 0 Å². The second-order valence-electron chi connectivity index (χ2n) is 7.31. The van der Waals surface area contributed by atoms with Crippen LogP contribution in [0.4, 0.5) is 0 Å². The maximum Gasteiger partial charge on any atom is 0.162 e. The van der Waals surface area contributed by atoms with Gasteiger partial charge in [-0.3, -0.25) is 10.3 Å². The molecule has 0 bridgehead atoms. The van der Waals surface area contributed by atoms with Crippen molar-refractivity contribution in [3.63, 3.8) is 0 Å². The Morgan fingerprint density at radius 2 is 1.87 bits per heavy atom. The fraction of sp³-hybridized carbons (Fsp3) is 0.240. The summed E-state index contributed by atoms with van der Waals surface area (Å²) in [4.78, 5) is 4.99. The standard InChI is InChI=1S/C25H25ClN2O3/c1-3-31-23-9-5-8-20(24(23)29)22-15-21(16-10-12-18(26)13-11-16)27-25(28-22)17-6-4-7-19(14-17)30-2/h4-14,22,25,28-29H,3,15H2,1-2H3. The summed E-state index contributed by atoms with van der Waals surface area (Å²) in [6.07, 6.45) is 0.320. The minimum Gasteiger partial charge on any atom is -0.504 e. The van der Waals surface area contributed by atoms with Crippen molar-refractivity contribution in [2.24, 2.45) is 4.99 Å². The Kier molecular flexibility index (Phi) is 6.44. The topological polar surface area (TPSA) is 63.1 Å². The number of ether oxygens (including phenoxy) is 2. The van der Waals surface area contributed by atoms with Crippen LogP contribution in [0.3, 0.4) is 0 Å². The molecule has 0 aromatic heterocycles. The molecule has 3 aromatic rings. The number of phenols is 1. The Morgan fingerprint density at radius 3 is 2.61 bits per heavy atom. The van der Waals surface area contributed by atoms with E-state index in [4.69, 9.17) is 26.1 Å². The summed E-state index contributed by atoms with van der Waals surface area (Å²) in [7, 11) is 1.65. The summed E-state index contributed by atoms with van der Waals surface area (Å²) >= 11 is 6.09. The number of para-hydroxylation sites is 1. The second-order valence-corrected chi connectivity index (χ2v) is 7.75. The van der Waals surface area contributed by atoms with Gasteiger partial charge >= 0.3 is 0 Å². The van der Waals surface area contributed by atoms with Crippen LogP contribution in [-0.2, 0) is 0 Å². The van der Waals surface area contributed by atoms with Crippen molar-refractivity contribution < 1.29 is 14.6 Å². The molecule has 5 nitrogen and oxygen atoms in total. The summed E-state index contributed by atoms with van der Waals surface area (Å²) < 4.78 is 11.0. The van der Waals surface area contributed by atoms with E-state index in [0.717, 1.165) is 28.2 Å². The largest absolute Gasteiger partial charge is 0.504 e. The number of hydrogen-bond acceptors (Lipinski definition) is 5. The fourth-order valence-corrected chi connectivity index (χ4v) is 3.92. The molecule has 2 N–H and O–H groups in total. The van der Waals surface area contributed by atoms with Gasteiger partial charge in [0, 0.05) is 28.8 Å². The van der Waals surface area contributed by atoms with E-state index in [1.807, 2.05) is 67.6 Å². The van der Waals surface area contributed by atoms with Crippen molar-refractivity contribution in [2.45, 2.75) is 25.6 Å². The number of halogens is 1. The molecule has 1 heterocycles. The molecule has 2 atom stereocenters. The third-order valence-electron chi connectivity index (χ3n) is 5.33. The number of aromatic hydroxyl groups is 1. The zero-order chi connectivity index (χ0) is 21.8. The minimum atomic E-state index is -0.297. The molecular weight excluding hydrogens is 412 g/mol. The Hall–Kier alpha value is -3.02. The average molecular weight is 437 g/mol. The lowest BCUT2D eigenvalue weighted by Gasteiger charge is -2.31. The molecule has 0 aliphatic carbocycles. The van der Waals surface area contributed by atoms with E-state index in [-0.39, 0.29) is 18.0 Å². The summed E-state index contributed by atoms with van der Waals surface area (Å²) in [5.74, 6) is 1.41. The zero-order valence-electron chi connectivity index (χ0n) is 17.5. The molecule has 2 unspecified atom stereocenters. The molecule has 6 heteroatoms. The molecule has 160 valence electrons. The van der Waals surface area contributed by atoms with E-state index in [0.29, 0.717) is 23.8 Å². The quantitative estimate of drug-likeness (QED) is 0.522. The van der Waals surface area contributed by atoms with Crippen molar-refractivity contribution in [1.82, 2.24) is 5.32 Å². The number of nitrogens with one attached hydrogen (secondary N) is 1. The maximum atomic E-state index is 10.9. The van der Waals surface area contributed by atoms with Crippen LogP contribution in [0.2, 0.25) is 5.02 Å². The first-order valence-corrected chi connectivity index (χ1v) is 10.6. The summed E-state index contributed by atoms with van der Waals surface area (Å²) in [5.41, 5.74) is 3.70. The third kappa shape index (κ3) is 4.68. The highest BCUT2D eigenvalue weighted by atomic mass is 35.5. The molecule has 1 aliphatic heterocycles. The molecule has 4 rings (SSSR count). The Labute approximate surface area is 187 Å². The fourth-order valence-electron chi connectivity index (χ4n) is 3.80. The zero-order valence-corrected chi connectivity index (χ0v) is 18.3. The first-order valence-electron chi connectivity index (χ1n) is 10.3. The van der Waals surface area contributed by atoms with Gasteiger partial charge in [-0.15, -0.1) is 0 Å². The predicted molar refractivity (Wildman–Crippen MR) is 123 cm³/mol. The molecule has 0 amide bonds. The second kappa shape index (κ2) is 9.41. The van der Waals surface area contributed by atoms with E-state index < -0.39 is 0 Å². The van der Waals surface area contributed by atoms with Crippen LogP contribution in [0.1, 0.15) is 42.2 Å². The highest BCUT2D eigenvalue weighted by molar-refractivity contribution is 6.30. The van der Waals surface area contributed by atoms with Crippen LogP contribution in [0.5, 0.6) is 17.2 Å².